The quantitative estimate of drug-likeness (QED) is 0.372. The minimum atomic E-state index is -2.15. The standard InChI is InChI=1S/C26H29NO7/c1-4-32-24(30)21-19-17-13-9-10-14-18(17)34-23(29)20(19)22(27-16-11-7-6-8-12-16)26(21,15(3)28)25(31)33-5-2/h9-10,13-14,16,27H,4-8,11-12H2,1-3H3. The zero-order valence-electron chi connectivity index (χ0n) is 19.7. The van der Waals surface area contributed by atoms with E-state index in [1.807, 2.05) is 0 Å². The number of ketones is 1. The van der Waals surface area contributed by atoms with Crippen molar-refractivity contribution in [2.45, 2.75) is 58.9 Å². The van der Waals surface area contributed by atoms with Crippen molar-refractivity contribution in [1.82, 2.24) is 5.32 Å². The van der Waals surface area contributed by atoms with Crippen molar-refractivity contribution in [2.24, 2.45) is 5.41 Å². The van der Waals surface area contributed by atoms with Crippen molar-refractivity contribution >= 4 is 40.0 Å². The molecule has 0 bridgehead atoms. The van der Waals surface area contributed by atoms with Crippen molar-refractivity contribution in [3.63, 3.8) is 0 Å². The van der Waals surface area contributed by atoms with Crippen LogP contribution in [0, 0.1) is 5.41 Å². The highest BCUT2D eigenvalue weighted by Crippen LogP contribution is 2.42. The number of rotatable bonds is 7. The molecule has 1 aromatic heterocycles. The normalized spacial score (nSPS) is 20.2. The highest BCUT2D eigenvalue weighted by Gasteiger charge is 2.59. The van der Waals surface area contributed by atoms with Crippen LogP contribution in [0.3, 0.4) is 0 Å². The minimum absolute atomic E-state index is 0.00756. The molecule has 2 aromatic rings. The van der Waals surface area contributed by atoms with Crippen LogP contribution < -0.4 is 21.4 Å². The highest BCUT2D eigenvalue weighted by atomic mass is 16.5. The maximum Gasteiger partial charge on any atom is 0.346 e. The zero-order chi connectivity index (χ0) is 24.5. The Balaban J connectivity index is 2.21. The van der Waals surface area contributed by atoms with Gasteiger partial charge in [-0.1, -0.05) is 37.5 Å². The fourth-order valence-corrected chi connectivity index (χ4v) is 5.17. The number of ether oxygens (including phenoxy) is 2. The average molecular weight is 468 g/mol. The van der Waals surface area contributed by atoms with Crippen LogP contribution in [0.2, 0.25) is 0 Å². The van der Waals surface area contributed by atoms with Crippen LogP contribution in [0.4, 0.5) is 0 Å². The summed E-state index contributed by atoms with van der Waals surface area (Å²) < 4.78 is 16.3. The third-order valence-electron chi connectivity index (χ3n) is 6.61. The Labute approximate surface area is 196 Å². The molecule has 0 radical (unpaired) electrons. The molecule has 8 nitrogen and oxygen atoms in total. The van der Waals surface area contributed by atoms with Gasteiger partial charge in [0.25, 0.3) is 0 Å². The maximum atomic E-state index is 13.6. The summed E-state index contributed by atoms with van der Waals surface area (Å²) in [6.07, 6.45) is 4.66. The lowest BCUT2D eigenvalue weighted by Crippen LogP contribution is -2.50. The number of carbonyl (C=O) groups is 3. The number of para-hydroxylation sites is 1. The number of fused-ring (bicyclic) bond motifs is 3. The van der Waals surface area contributed by atoms with Gasteiger partial charge in [0, 0.05) is 16.6 Å². The molecule has 1 fully saturated rings. The number of hydrogen-bond acceptors (Lipinski definition) is 8. The molecular formula is C26H29NO7. The lowest BCUT2D eigenvalue weighted by molar-refractivity contribution is -0.154. The van der Waals surface area contributed by atoms with E-state index in [0.29, 0.717) is 5.39 Å². The van der Waals surface area contributed by atoms with Crippen molar-refractivity contribution < 1.29 is 28.3 Å². The van der Waals surface area contributed by atoms with Crippen LogP contribution in [0.25, 0.3) is 22.2 Å². The molecule has 0 amide bonds. The first-order valence-corrected chi connectivity index (χ1v) is 11.8. The fourth-order valence-electron chi connectivity index (χ4n) is 5.17. The van der Waals surface area contributed by atoms with Crippen molar-refractivity contribution in [3.05, 3.63) is 45.1 Å². The van der Waals surface area contributed by atoms with Crippen LogP contribution in [-0.2, 0) is 23.9 Å². The molecule has 8 heteroatoms. The minimum Gasteiger partial charge on any atom is -0.465 e. The van der Waals surface area contributed by atoms with E-state index in [-0.39, 0.29) is 46.5 Å². The van der Waals surface area contributed by atoms with Crippen LogP contribution in [-0.4, -0.2) is 37.0 Å². The molecule has 1 aromatic carbocycles. The van der Waals surface area contributed by atoms with E-state index >= 15 is 0 Å². The van der Waals surface area contributed by atoms with Gasteiger partial charge in [-0.3, -0.25) is 9.59 Å². The van der Waals surface area contributed by atoms with Crippen molar-refractivity contribution in [1.29, 1.82) is 0 Å². The number of Topliss-reactive ketones (excluding diaryl/α,β-unsaturated/α-hetero) is 1. The molecule has 0 saturated heterocycles. The molecule has 1 N–H and O–H groups in total. The van der Waals surface area contributed by atoms with Gasteiger partial charge >= 0.3 is 17.6 Å². The molecule has 1 atom stereocenters. The lowest BCUT2D eigenvalue weighted by Gasteiger charge is -2.34. The molecule has 0 aliphatic heterocycles. The molecule has 4 rings (SSSR count). The van der Waals surface area contributed by atoms with Gasteiger partial charge in [0.15, 0.2) is 11.2 Å². The molecule has 1 saturated carbocycles. The van der Waals surface area contributed by atoms with E-state index in [0.717, 1.165) is 32.1 Å². The molecular weight excluding hydrogens is 438 g/mol. The number of hydrogen-bond donors (Lipinski definition) is 1. The molecule has 2 aliphatic carbocycles. The van der Waals surface area contributed by atoms with Gasteiger partial charge in [0.1, 0.15) is 5.58 Å². The summed E-state index contributed by atoms with van der Waals surface area (Å²) in [6.45, 7) is 4.51. The molecule has 180 valence electrons. The van der Waals surface area contributed by atoms with Gasteiger partial charge in [-0.15, -0.1) is 0 Å². The summed E-state index contributed by atoms with van der Waals surface area (Å²) in [6, 6.07) is 6.66. The summed E-state index contributed by atoms with van der Waals surface area (Å²) in [5, 5.41) is 3.96. The Morgan fingerprint density at radius 1 is 1.03 bits per heavy atom. The van der Waals surface area contributed by atoms with Gasteiger partial charge in [-0.25, -0.2) is 9.59 Å². The lowest BCUT2D eigenvalue weighted by atomic mass is 9.75. The van der Waals surface area contributed by atoms with Gasteiger partial charge in [0.2, 0.25) is 0 Å². The van der Waals surface area contributed by atoms with E-state index in [4.69, 9.17) is 13.9 Å². The van der Waals surface area contributed by atoms with E-state index < -0.39 is 28.8 Å². The first-order chi connectivity index (χ1) is 16.4. The van der Waals surface area contributed by atoms with Crippen LogP contribution in [0.5, 0.6) is 0 Å². The van der Waals surface area contributed by atoms with Crippen LogP contribution in [0.1, 0.15) is 52.9 Å². The number of benzene rings is 1. The predicted octanol–water partition coefficient (Wildman–Crippen LogP) is 1.69. The second kappa shape index (κ2) is 9.44. The van der Waals surface area contributed by atoms with E-state index in [2.05, 4.69) is 5.32 Å². The average Bonchev–Trinajstić information content (AvgIpc) is 3.13. The smallest absolute Gasteiger partial charge is 0.346 e. The number of esters is 2. The van der Waals surface area contributed by atoms with Crippen LogP contribution >= 0.6 is 0 Å². The van der Waals surface area contributed by atoms with Crippen molar-refractivity contribution in [2.75, 3.05) is 13.2 Å². The molecule has 1 unspecified atom stereocenters. The SMILES string of the molecule is CCOC(=O)C1=c2c(c(=O)oc3ccccc23)=C(NC2CCCCC2)C1(C(C)=O)C(=O)OCC. The van der Waals surface area contributed by atoms with Crippen LogP contribution in [0.15, 0.2) is 33.5 Å². The largest absolute Gasteiger partial charge is 0.465 e. The predicted molar refractivity (Wildman–Crippen MR) is 125 cm³/mol. The van der Waals surface area contributed by atoms with E-state index in [9.17, 15) is 19.2 Å². The third-order valence-corrected chi connectivity index (χ3v) is 6.61. The first-order valence-electron chi connectivity index (χ1n) is 11.8. The van der Waals surface area contributed by atoms with Gasteiger partial charge in [-0.2, -0.15) is 0 Å². The second-order valence-electron chi connectivity index (χ2n) is 8.61. The number of carbonyl (C=O) groups excluding carboxylic acids is 3. The summed E-state index contributed by atoms with van der Waals surface area (Å²) in [4.78, 5) is 53.9. The summed E-state index contributed by atoms with van der Waals surface area (Å²) >= 11 is 0. The van der Waals surface area contributed by atoms with Crippen molar-refractivity contribution in [3.8, 4) is 0 Å². The molecule has 0 spiro atoms. The Bertz CT molecular complexity index is 1330. The molecule has 2 aliphatic rings. The van der Waals surface area contributed by atoms with Gasteiger partial charge in [-0.05, 0) is 39.7 Å². The Morgan fingerprint density at radius 3 is 2.35 bits per heavy atom. The molecule has 1 heterocycles. The Kier molecular flexibility index (Phi) is 6.59. The third kappa shape index (κ3) is 3.61. The fraction of sp³-hybridized carbons (Fsp3) is 0.462. The summed E-state index contributed by atoms with van der Waals surface area (Å²) in [5.41, 5.74) is -2.78. The first kappa shape index (κ1) is 23.7. The van der Waals surface area contributed by atoms with E-state index in [1.54, 1.807) is 38.1 Å². The summed E-state index contributed by atoms with van der Waals surface area (Å²) in [5.74, 6) is -2.39. The number of nitrogens with one attached hydrogen (secondary N) is 1. The second-order valence-corrected chi connectivity index (χ2v) is 8.61. The van der Waals surface area contributed by atoms with E-state index in [1.165, 1.54) is 6.92 Å². The topological polar surface area (TPSA) is 112 Å². The molecule has 34 heavy (non-hydrogen) atoms. The zero-order valence-corrected chi connectivity index (χ0v) is 19.7. The Morgan fingerprint density at radius 2 is 1.71 bits per heavy atom. The Hall–Kier alpha value is -3.42. The van der Waals surface area contributed by atoms with Gasteiger partial charge in [0.05, 0.1) is 29.7 Å². The highest BCUT2D eigenvalue weighted by molar-refractivity contribution is 6.33. The maximum absolute atomic E-state index is 13.6. The monoisotopic (exact) mass is 467 g/mol. The summed E-state index contributed by atoms with van der Waals surface area (Å²) in [7, 11) is 0. The van der Waals surface area contributed by atoms with Gasteiger partial charge < -0.3 is 19.2 Å².